The van der Waals surface area contributed by atoms with Gasteiger partial charge in [-0.1, -0.05) is 6.58 Å². The summed E-state index contributed by atoms with van der Waals surface area (Å²) in [5, 5.41) is 4.99. The molecule has 0 radical (unpaired) electrons. The Hall–Kier alpha value is -3.23. The van der Waals surface area contributed by atoms with Gasteiger partial charge in [-0.05, 0) is 37.1 Å². The summed E-state index contributed by atoms with van der Waals surface area (Å²) in [6.07, 6.45) is 2.52. The number of rotatable bonds is 4. The molecule has 9 heteroatoms. The summed E-state index contributed by atoms with van der Waals surface area (Å²) >= 11 is 0. The van der Waals surface area contributed by atoms with Crippen LogP contribution in [0.3, 0.4) is 0 Å². The molecule has 2 saturated heterocycles. The molecule has 1 atom stereocenters. The van der Waals surface area contributed by atoms with Gasteiger partial charge >= 0.3 is 6.03 Å². The first kappa shape index (κ1) is 18.6. The highest BCUT2D eigenvalue weighted by molar-refractivity contribution is 6.20. The van der Waals surface area contributed by atoms with E-state index in [-0.39, 0.29) is 36.3 Å². The Morgan fingerprint density at radius 1 is 1.33 bits per heavy atom. The van der Waals surface area contributed by atoms with Crippen molar-refractivity contribution in [3.05, 3.63) is 36.7 Å². The molecular formula is C18H19FN4O4. The number of benzene rings is 1. The number of amides is 5. The van der Waals surface area contributed by atoms with Crippen LogP contribution in [0.2, 0.25) is 0 Å². The Balaban J connectivity index is 1.74. The summed E-state index contributed by atoms with van der Waals surface area (Å²) in [6, 6.07) is 2.96. The third kappa shape index (κ3) is 3.81. The van der Waals surface area contributed by atoms with E-state index in [0.717, 1.165) is 6.07 Å². The van der Waals surface area contributed by atoms with Gasteiger partial charge in [0.25, 0.3) is 5.91 Å². The highest BCUT2D eigenvalue weighted by Crippen LogP contribution is 2.26. The molecule has 8 nitrogen and oxygen atoms in total. The van der Waals surface area contributed by atoms with Crippen LogP contribution in [-0.4, -0.2) is 48.3 Å². The van der Waals surface area contributed by atoms with Crippen molar-refractivity contribution in [3.63, 3.8) is 0 Å². The number of hydrogen-bond acceptors (Lipinski definition) is 4. The van der Waals surface area contributed by atoms with Gasteiger partial charge in [0, 0.05) is 18.8 Å². The van der Waals surface area contributed by atoms with E-state index in [1.807, 2.05) is 0 Å². The van der Waals surface area contributed by atoms with E-state index in [0.29, 0.717) is 24.3 Å². The van der Waals surface area contributed by atoms with Crippen molar-refractivity contribution >= 4 is 35.1 Å². The summed E-state index contributed by atoms with van der Waals surface area (Å²) in [4.78, 5) is 50.1. The van der Waals surface area contributed by atoms with E-state index < -0.39 is 23.7 Å². The standard InChI is InChI=1S/C18H19FN4O4/c1-2-15(24)22-7-3-4-11(10-22)17(26)21-12-5-6-13(19)14(8-12)23-16(25)9-20-18(23)27/h2,5-6,8,11H,1,3-4,7,9-10H2,(H,20,27)(H,21,26). The number of imide groups is 1. The normalized spacial score (nSPS) is 19.7. The van der Waals surface area contributed by atoms with Crippen LogP contribution in [-0.2, 0) is 14.4 Å². The summed E-state index contributed by atoms with van der Waals surface area (Å²) in [7, 11) is 0. The van der Waals surface area contributed by atoms with E-state index in [2.05, 4.69) is 17.2 Å². The molecule has 2 fully saturated rings. The van der Waals surface area contributed by atoms with Gasteiger partial charge in [0.1, 0.15) is 5.82 Å². The van der Waals surface area contributed by atoms with Gasteiger partial charge < -0.3 is 15.5 Å². The number of halogens is 1. The maximum atomic E-state index is 14.1. The number of carbonyl (C=O) groups excluding carboxylic acids is 4. The largest absolute Gasteiger partial charge is 0.338 e. The zero-order valence-electron chi connectivity index (χ0n) is 14.5. The van der Waals surface area contributed by atoms with Crippen molar-refractivity contribution in [2.24, 2.45) is 5.92 Å². The van der Waals surface area contributed by atoms with E-state index in [1.54, 1.807) is 4.90 Å². The molecule has 2 heterocycles. The van der Waals surface area contributed by atoms with Crippen LogP contribution in [0.25, 0.3) is 0 Å². The second kappa shape index (κ2) is 7.56. The highest BCUT2D eigenvalue weighted by atomic mass is 19.1. The van der Waals surface area contributed by atoms with Crippen molar-refractivity contribution < 1.29 is 23.6 Å². The van der Waals surface area contributed by atoms with Crippen LogP contribution in [0, 0.1) is 11.7 Å². The third-order valence-electron chi connectivity index (χ3n) is 4.58. The van der Waals surface area contributed by atoms with Gasteiger partial charge in [-0.3, -0.25) is 14.4 Å². The van der Waals surface area contributed by atoms with Gasteiger partial charge in [0.15, 0.2) is 0 Å². The average molecular weight is 374 g/mol. The van der Waals surface area contributed by atoms with Crippen LogP contribution >= 0.6 is 0 Å². The molecule has 1 unspecified atom stereocenters. The molecule has 0 saturated carbocycles. The van der Waals surface area contributed by atoms with Gasteiger partial charge in [-0.2, -0.15) is 0 Å². The minimum atomic E-state index is -0.751. The molecule has 0 aliphatic carbocycles. The smallest absolute Gasteiger partial charge is 0.329 e. The Labute approximate surface area is 155 Å². The molecule has 3 rings (SSSR count). The molecule has 0 spiro atoms. The maximum absolute atomic E-state index is 14.1. The van der Waals surface area contributed by atoms with Crippen LogP contribution in [0.4, 0.5) is 20.6 Å². The molecule has 5 amide bonds. The van der Waals surface area contributed by atoms with Crippen molar-refractivity contribution in [2.45, 2.75) is 12.8 Å². The number of nitrogens with one attached hydrogen (secondary N) is 2. The molecule has 2 aliphatic rings. The first-order valence-electron chi connectivity index (χ1n) is 8.53. The number of anilines is 2. The minimum absolute atomic E-state index is 0.204. The van der Waals surface area contributed by atoms with Crippen molar-refractivity contribution in [1.29, 1.82) is 0 Å². The number of piperidine rings is 1. The second-order valence-corrected chi connectivity index (χ2v) is 6.37. The van der Waals surface area contributed by atoms with E-state index >= 15 is 0 Å². The minimum Gasteiger partial charge on any atom is -0.338 e. The van der Waals surface area contributed by atoms with E-state index in [4.69, 9.17) is 0 Å². The number of carbonyl (C=O) groups is 4. The fourth-order valence-corrected chi connectivity index (χ4v) is 3.19. The quantitative estimate of drug-likeness (QED) is 0.612. The number of nitrogens with zero attached hydrogens (tertiary/aromatic N) is 2. The lowest BCUT2D eigenvalue weighted by Gasteiger charge is -2.31. The van der Waals surface area contributed by atoms with Crippen LogP contribution < -0.4 is 15.5 Å². The third-order valence-corrected chi connectivity index (χ3v) is 4.58. The summed E-state index contributed by atoms with van der Waals surface area (Å²) < 4.78 is 14.1. The fraction of sp³-hybridized carbons (Fsp3) is 0.333. The van der Waals surface area contributed by atoms with Crippen LogP contribution in [0.5, 0.6) is 0 Å². The first-order chi connectivity index (χ1) is 12.9. The van der Waals surface area contributed by atoms with Crippen LogP contribution in [0.15, 0.2) is 30.9 Å². The lowest BCUT2D eigenvalue weighted by Crippen LogP contribution is -2.43. The van der Waals surface area contributed by atoms with Gasteiger partial charge in [-0.15, -0.1) is 0 Å². The monoisotopic (exact) mass is 374 g/mol. The zero-order chi connectivity index (χ0) is 19.6. The van der Waals surface area contributed by atoms with Crippen LogP contribution in [0.1, 0.15) is 12.8 Å². The predicted molar refractivity (Wildman–Crippen MR) is 95.4 cm³/mol. The molecular weight excluding hydrogens is 355 g/mol. The lowest BCUT2D eigenvalue weighted by atomic mass is 9.97. The lowest BCUT2D eigenvalue weighted by molar-refractivity contribution is -0.130. The molecule has 1 aromatic rings. The summed E-state index contributed by atoms with van der Waals surface area (Å²) in [5.74, 6) is -2.28. The number of likely N-dealkylation sites (tertiary alicyclic amines) is 1. The summed E-state index contributed by atoms with van der Waals surface area (Å²) in [5.41, 5.74) is 0.0379. The van der Waals surface area contributed by atoms with E-state index in [1.165, 1.54) is 18.2 Å². The van der Waals surface area contributed by atoms with E-state index in [9.17, 15) is 23.6 Å². The van der Waals surface area contributed by atoms with Gasteiger partial charge in [0.05, 0.1) is 18.2 Å². The topological polar surface area (TPSA) is 98.8 Å². The second-order valence-electron chi connectivity index (χ2n) is 6.37. The van der Waals surface area contributed by atoms with Crippen molar-refractivity contribution in [3.8, 4) is 0 Å². The Bertz CT molecular complexity index is 810. The predicted octanol–water partition coefficient (Wildman–Crippen LogP) is 1.24. The SMILES string of the molecule is C=CC(=O)N1CCCC(C(=O)Nc2ccc(F)c(N3C(=O)CNC3=O)c2)C1. The molecule has 0 bridgehead atoms. The molecule has 27 heavy (non-hydrogen) atoms. The Morgan fingerprint density at radius 2 is 2.11 bits per heavy atom. The first-order valence-corrected chi connectivity index (χ1v) is 8.53. The fourth-order valence-electron chi connectivity index (χ4n) is 3.19. The molecule has 2 N–H and O–H groups in total. The molecule has 142 valence electrons. The Morgan fingerprint density at radius 3 is 2.78 bits per heavy atom. The molecule has 0 aromatic heterocycles. The maximum Gasteiger partial charge on any atom is 0.329 e. The average Bonchev–Trinajstić information content (AvgIpc) is 3.01. The highest BCUT2D eigenvalue weighted by Gasteiger charge is 2.32. The molecule has 1 aromatic carbocycles. The van der Waals surface area contributed by atoms with Crippen molar-refractivity contribution in [1.82, 2.24) is 10.2 Å². The van der Waals surface area contributed by atoms with Gasteiger partial charge in [-0.25, -0.2) is 14.1 Å². The zero-order valence-corrected chi connectivity index (χ0v) is 14.5. The van der Waals surface area contributed by atoms with Crippen molar-refractivity contribution in [2.75, 3.05) is 29.9 Å². The molecule has 2 aliphatic heterocycles. The summed E-state index contributed by atoms with van der Waals surface area (Å²) in [6.45, 7) is 4.09. The number of urea groups is 1. The Kier molecular flexibility index (Phi) is 5.20. The number of hydrogen-bond donors (Lipinski definition) is 2. The van der Waals surface area contributed by atoms with Gasteiger partial charge in [0.2, 0.25) is 11.8 Å².